The zero-order chi connectivity index (χ0) is 16.5. The first-order valence-electron chi connectivity index (χ1n) is 7.43. The van der Waals surface area contributed by atoms with E-state index in [2.05, 4.69) is 11.0 Å². The molecular weight excluding hydrogens is 294 g/mol. The van der Waals surface area contributed by atoms with Gasteiger partial charge in [-0.1, -0.05) is 42.5 Å². The molecule has 2 aromatic rings. The Morgan fingerprint density at radius 2 is 1.74 bits per heavy atom. The predicted molar refractivity (Wildman–Crippen MR) is 87.3 cm³/mol. The van der Waals surface area contributed by atoms with Crippen LogP contribution in [0.1, 0.15) is 17.5 Å². The van der Waals surface area contributed by atoms with Crippen LogP contribution in [-0.2, 0) is 6.54 Å². The van der Waals surface area contributed by atoms with Crippen LogP contribution in [-0.4, -0.2) is 18.0 Å². The van der Waals surface area contributed by atoms with Crippen LogP contribution < -0.4 is 0 Å². The van der Waals surface area contributed by atoms with Gasteiger partial charge in [0, 0.05) is 32.1 Å². The lowest BCUT2D eigenvalue weighted by Crippen LogP contribution is -2.24. The molecule has 118 valence electrons. The lowest BCUT2D eigenvalue weighted by Gasteiger charge is -2.19. The van der Waals surface area contributed by atoms with Crippen LogP contribution in [0.2, 0.25) is 0 Å². The van der Waals surface area contributed by atoms with Crippen LogP contribution in [0.5, 0.6) is 0 Å². The molecule has 0 spiro atoms. The molecule has 0 heterocycles. The van der Waals surface area contributed by atoms with Crippen LogP contribution in [0.15, 0.2) is 54.6 Å². The van der Waals surface area contributed by atoms with Crippen LogP contribution in [0.3, 0.4) is 0 Å². The SMILES string of the molecule is N#CCCN(CC=Cc1cc(F)cc(F)c1)Cc1ccccc1. The largest absolute Gasteiger partial charge is 0.294 e. The van der Waals surface area contributed by atoms with Gasteiger partial charge in [0.2, 0.25) is 0 Å². The van der Waals surface area contributed by atoms with Gasteiger partial charge in [0.25, 0.3) is 0 Å². The highest BCUT2D eigenvalue weighted by Crippen LogP contribution is 2.10. The standard InChI is InChI=1S/C19H18F2N2/c20-18-12-17(13-19(21)14-18)8-4-10-23(11-5-9-22)15-16-6-2-1-3-7-16/h1-4,6-8,12-14H,5,10-11,15H2. The molecule has 0 fully saturated rings. The first-order chi connectivity index (χ1) is 11.2. The van der Waals surface area contributed by atoms with Crippen molar-refractivity contribution in [2.45, 2.75) is 13.0 Å². The van der Waals surface area contributed by atoms with E-state index < -0.39 is 11.6 Å². The smallest absolute Gasteiger partial charge is 0.126 e. The van der Waals surface area contributed by atoms with E-state index in [1.807, 2.05) is 36.4 Å². The first-order valence-corrected chi connectivity index (χ1v) is 7.43. The molecule has 2 rings (SSSR count). The zero-order valence-corrected chi connectivity index (χ0v) is 12.8. The van der Waals surface area contributed by atoms with Gasteiger partial charge in [0.05, 0.1) is 6.07 Å². The maximum atomic E-state index is 13.1. The fraction of sp³-hybridized carbons (Fsp3) is 0.211. The molecule has 0 saturated heterocycles. The summed E-state index contributed by atoms with van der Waals surface area (Å²) in [5.74, 6) is -1.18. The summed E-state index contributed by atoms with van der Waals surface area (Å²) in [5.41, 5.74) is 1.65. The van der Waals surface area contributed by atoms with E-state index in [1.54, 1.807) is 6.08 Å². The Bertz CT molecular complexity index is 670. The summed E-state index contributed by atoms with van der Waals surface area (Å²) in [7, 11) is 0. The summed E-state index contributed by atoms with van der Waals surface area (Å²) in [5, 5.41) is 8.77. The fourth-order valence-corrected chi connectivity index (χ4v) is 2.29. The van der Waals surface area contributed by atoms with E-state index in [1.165, 1.54) is 12.1 Å². The van der Waals surface area contributed by atoms with Gasteiger partial charge >= 0.3 is 0 Å². The highest BCUT2D eigenvalue weighted by molar-refractivity contribution is 5.49. The molecule has 0 unspecified atom stereocenters. The van der Waals surface area contributed by atoms with E-state index in [9.17, 15) is 8.78 Å². The number of hydrogen-bond acceptors (Lipinski definition) is 2. The molecule has 0 saturated carbocycles. The molecule has 2 nitrogen and oxygen atoms in total. The number of halogens is 2. The second-order valence-corrected chi connectivity index (χ2v) is 5.23. The lowest BCUT2D eigenvalue weighted by atomic mass is 10.2. The van der Waals surface area contributed by atoms with E-state index >= 15 is 0 Å². The number of nitriles is 1. The van der Waals surface area contributed by atoms with Gasteiger partial charge in [-0.15, -0.1) is 0 Å². The first kappa shape index (κ1) is 16.9. The molecular formula is C19H18F2N2. The van der Waals surface area contributed by atoms with Crippen molar-refractivity contribution in [2.75, 3.05) is 13.1 Å². The topological polar surface area (TPSA) is 27.0 Å². The molecule has 0 atom stereocenters. The van der Waals surface area contributed by atoms with Crippen molar-refractivity contribution in [2.24, 2.45) is 0 Å². The monoisotopic (exact) mass is 312 g/mol. The molecule has 2 aromatic carbocycles. The van der Waals surface area contributed by atoms with Gasteiger partial charge in [-0.2, -0.15) is 5.26 Å². The van der Waals surface area contributed by atoms with E-state index in [-0.39, 0.29) is 0 Å². The van der Waals surface area contributed by atoms with Crippen molar-refractivity contribution in [1.29, 1.82) is 5.26 Å². The maximum absolute atomic E-state index is 13.1. The number of rotatable bonds is 7. The Morgan fingerprint density at radius 3 is 2.39 bits per heavy atom. The van der Waals surface area contributed by atoms with Gasteiger partial charge in [-0.25, -0.2) is 8.78 Å². The average molecular weight is 312 g/mol. The van der Waals surface area contributed by atoms with Crippen molar-refractivity contribution in [3.8, 4) is 6.07 Å². The molecule has 0 bridgehead atoms. The van der Waals surface area contributed by atoms with E-state index in [4.69, 9.17) is 5.26 Å². The molecule has 0 aliphatic carbocycles. The maximum Gasteiger partial charge on any atom is 0.126 e. The number of benzene rings is 2. The molecule has 0 radical (unpaired) electrons. The van der Waals surface area contributed by atoms with Gasteiger partial charge in [0.1, 0.15) is 11.6 Å². The predicted octanol–water partition coefficient (Wildman–Crippen LogP) is 4.39. The summed E-state index contributed by atoms with van der Waals surface area (Å²) >= 11 is 0. The molecule has 0 aliphatic heterocycles. The quantitative estimate of drug-likeness (QED) is 0.758. The van der Waals surface area contributed by atoms with E-state index in [0.717, 1.165) is 18.2 Å². The summed E-state index contributed by atoms with van der Waals surface area (Å²) < 4.78 is 26.3. The summed E-state index contributed by atoms with van der Waals surface area (Å²) in [4.78, 5) is 2.12. The van der Waals surface area contributed by atoms with Gasteiger partial charge < -0.3 is 0 Å². The van der Waals surface area contributed by atoms with Crippen LogP contribution in [0.25, 0.3) is 6.08 Å². The third-order valence-corrected chi connectivity index (χ3v) is 3.35. The summed E-state index contributed by atoms with van der Waals surface area (Å²) in [6.07, 6.45) is 3.99. The Labute approximate surface area is 135 Å². The second-order valence-electron chi connectivity index (χ2n) is 5.23. The zero-order valence-electron chi connectivity index (χ0n) is 12.8. The van der Waals surface area contributed by atoms with Crippen molar-refractivity contribution in [3.63, 3.8) is 0 Å². The van der Waals surface area contributed by atoms with Gasteiger partial charge in [-0.05, 0) is 23.3 Å². The normalized spacial score (nSPS) is 11.0. The molecule has 0 N–H and O–H groups in total. The highest BCUT2D eigenvalue weighted by Gasteiger charge is 2.04. The third-order valence-electron chi connectivity index (χ3n) is 3.35. The van der Waals surface area contributed by atoms with Crippen molar-refractivity contribution in [1.82, 2.24) is 4.90 Å². The Balaban J connectivity index is 1.99. The average Bonchev–Trinajstić information content (AvgIpc) is 2.52. The minimum Gasteiger partial charge on any atom is -0.294 e. The Kier molecular flexibility index (Phi) is 6.46. The fourth-order valence-electron chi connectivity index (χ4n) is 2.29. The summed E-state index contributed by atoms with van der Waals surface area (Å²) in [6, 6.07) is 15.5. The van der Waals surface area contributed by atoms with Crippen LogP contribution >= 0.6 is 0 Å². The van der Waals surface area contributed by atoms with Crippen molar-refractivity contribution >= 4 is 6.08 Å². The van der Waals surface area contributed by atoms with Gasteiger partial charge in [-0.3, -0.25) is 4.90 Å². The van der Waals surface area contributed by atoms with Gasteiger partial charge in [0.15, 0.2) is 0 Å². The molecule has 0 amide bonds. The Morgan fingerprint density at radius 1 is 1.04 bits per heavy atom. The Hall–Kier alpha value is -2.51. The van der Waals surface area contributed by atoms with Crippen LogP contribution in [0, 0.1) is 23.0 Å². The van der Waals surface area contributed by atoms with Crippen molar-refractivity contribution in [3.05, 3.63) is 77.4 Å². The van der Waals surface area contributed by atoms with Crippen molar-refractivity contribution < 1.29 is 8.78 Å². The second kappa shape index (κ2) is 8.82. The minimum atomic E-state index is -0.588. The summed E-state index contributed by atoms with van der Waals surface area (Å²) in [6.45, 7) is 1.98. The van der Waals surface area contributed by atoms with Crippen LogP contribution in [0.4, 0.5) is 8.78 Å². The number of hydrogen-bond donors (Lipinski definition) is 0. The number of nitrogens with zero attached hydrogens (tertiary/aromatic N) is 2. The minimum absolute atomic E-state index is 0.440. The molecule has 0 aliphatic rings. The lowest BCUT2D eigenvalue weighted by molar-refractivity contribution is 0.302. The molecule has 23 heavy (non-hydrogen) atoms. The molecule has 0 aromatic heterocycles. The molecule has 4 heteroatoms. The third kappa shape index (κ3) is 6.01. The van der Waals surface area contributed by atoms with E-state index in [0.29, 0.717) is 25.1 Å². The highest BCUT2D eigenvalue weighted by atomic mass is 19.1.